The maximum atomic E-state index is 12.4. The standard InChI is InChI=1S/C16H14N6O4/c17-16(18)21-11-3-1-10(2-4-11)15(25)26-12-5-9(6-13(23)24)7-22-14(12)19-8-20-22/h1-5,7-8H,6H2,(H,23,24)(H4,17,18,21). The van der Waals surface area contributed by atoms with Gasteiger partial charge in [0.25, 0.3) is 0 Å². The maximum absolute atomic E-state index is 12.4. The van der Waals surface area contributed by atoms with Crippen LogP contribution < -0.4 is 15.8 Å². The number of esters is 1. The summed E-state index contributed by atoms with van der Waals surface area (Å²) in [4.78, 5) is 27.3. The van der Waals surface area contributed by atoms with E-state index in [2.05, 4.69) is 15.4 Å². The number of aliphatic carboxylic acids is 1. The van der Waals surface area contributed by atoms with Crippen LogP contribution in [-0.2, 0) is 11.2 Å². The van der Waals surface area contributed by atoms with Crippen molar-refractivity contribution < 1.29 is 19.4 Å². The number of fused-ring (bicyclic) bond motifs is 1. The third-order valence-electron chi connectivity index (χ3n) is 3.36. The second-order valence-electron chi connectivity index (χ2n) is 5.32. The van der Waals surface area contributed by atoms with Crippen LogP contribution in [0, 0.1) is 5.41 Å². The first-order valence-corrected chi connectivity index (χ1v) is 7.40. The molecule has 2 heterocycles. The van der Waals surface area contributed by atoms with Crippen molar-refractivity contribution in [2.75, 3.05) is 5.32 Å². The smallest absolute Gasteiger partial charge is 0.343 e. The summed E-state index contributed by atoms with van der Waals surface area (Å²) in [6.45, 7) is 0. The molecule has 0 radical (unpaired) electrons. The van der Waals surface area contributed by atoms with Gasteiger partial charge in [-0.2, -0.15) is 5.10 Å². The summed E-state index contributed by atoms with van der Waals surface area (Å²) in [5.41, 5.74) is 6.77. The van der Waals surface area contributed by atoms with E-state index in [1.54, 1.807) is 12.1 Å². The highest BCUT2D eigenvalue weighted by molar-refractivity contribution is 5.94. The Kier molecular flexibility index (Phi) is 4.48. The number of pyridine rings is 1. The van der Waals surface area contributed by atoms with Crippen molar-refractivity contribution in [3.63, 3.8) is 0 Å². The van der Waals surface area contributed by atoms with Crippen molar-refractivity contribution in [1.82, 2.24) is 14.6 Å². The van der Waals surface area contributed by atoms with Gasteiger partial charge in [0, 0.05) is 11.9 Å². The summed E-state index contributed by atoms with van der Waals surface area (Å²) < 4.78 is 6.72. The maximum Gasteiger partial charge on any atom is 0.343 e. The van der Waals surface area contributed by atoms with Gasteiger partial charge < -0.3 is 20.9 Å². The lowest BCUT2D eigenvalue weighted by atomic mass is 10.2. The topological polar surface area (TPSA) is 156 Å². The van der Waals surface area contributed by atoms with Crippen molar-refractivity contribution in [2.24, 2.45) is 5.73 Å². The van der Waals surface area contributed by atoms with Crippen LogP contribution in [0.3, 0.4) is 0 Å². The molecule has 0 bridgehead atoms. The van der Waals surface area contributed by atoms with Crippen LogP contribution in [0.4, 0.5) is 5.69 Å². The molecule has 3 aromatic rings. The van der Waals surface area contributed by atoms with E-state index in [1.807, 2.05) is 0 Å². The molecule has 0 aliphatic carbocycles. The number of nitrogens with zero attached hydrogens (tertiary/aromatic N) is 3. The van der Waals surface area contributed by atoms with Crippen molar-refractivity contribution in [3.8, 4) is 5.75 Å². The average molecular weight is 354 g/mol. The average Bonchev–Trinajstić information content (AvgIpc) is 3.03. The van der Waals surface area contributed by atoms with E-state index in [9.17, 15) is 9.59 Å². The molecule has 0 spiro atoms. The number of benzene rings is 1. The highest BCUT2D eigenvalue weighted by atomic mass is 16.5. The molecule has 2 aromatic heterocycles. The molecule has 0 amide bonds. The molecule has 10 nitrogen and oxygen atoms in total. The van der Waals surface area contributed by atoms with Crippen LogP contribution in [-0.4, -0.2) is 37.6 Å². The van der Waals surface area contributed by atoms with Crippen LogP contribution in [0.1, 0.15) is 15.9 Å². The first-order chi connectivity index (χ1) is 12.4. The fourth-order valence-corrected chi connectivity index (χ4v) is 2.30. The predicted octanol–water partition coefficient (Wildman–Crippen LogP) is 0.881. The Labute approximate surface area is 146 Å². The normalized spacial score (nSPS) is 10.5. The minimum atomic E-state index is -1.02. The minimum Gasteiger partial charge on any atom is -0.481 e. The van der Waals surface area contributed by atoms with Crippen molar-refractivity contribution in [3.05, 3.63) is 54.0 Å². The van der Waals surface area contributed by atoms with Gasteiger partial charge in [-0.3, -0.25) is 10.2 Å². The SMILES string of the molecule is N=C(N)Nc1ccc(C(=O)Oc2cc(CC(=O)O)cn3ncnc23)cc1. The van der Waals surface area contributed by atoms with Gasteiger partial charge in [-0.1, -0.05) is 0 Å². The fourth-order valence-electron chi connectivity index (χ4n) is 2.30. The largest absolute Gasteiger partial charge is 0.481 e. The summed E-state index contributed by atoms with van der Waals surface area (Å²) in [5.74, 6) is -1.77. The van der Waals surface area contributed by atoms with E-state index in [4.69, 9.17) is 21.0 Å². The highest BCUT2D eigenvalue weighted by Crippen LogP contribution is 2.21. The zero-order valence-corrected chi connectivity index (χ0v) is 13.3. The number of guanidine groups is 1. The first kappa shape index (κ1) is 16.9. The highest BCUT2D eigenvalue weighted by Gasteiger charge is 2.15. The summed E-state index contributed by atoms with van der Waals surface area (Å²) in [5, 5.41) is 22.7. The van der Waals surface area contributed by atoms with Gasteiger partial charge in [-0.05, 0) is 35.9 Å². The number of anilines is 1. The lowest BCUT2D eigenvalue weighted by Crippen LogP contribution is -2.20. The van der Waals surface area contributed by atoms with Crippen molar-refractivity contribution >= 4 is 29.2 Å². The van der Waals surface area contributed by atoms with Crippen LogP contribution in [0.5, 0.6) is 5.75 Å². The van der Waals surface area contributed by atoms with Gasteiger partial charge in [0.1, 0.15) is 6.33 Å². The molecule has 26 heavy (non-hydrogen) atoms. The molecule has 1 aromatic carbocycles. The molecule has 3 rings (SSSR count). The number of ether oxygens (including phenoxy) is 1. The Bertz CT molecular complexity index is 996. The number of nitrogens with two attached hydrogens (primary N) is 1. The Balaban J connectivity index is 1.85. The molecule has 0 fully saturated rings. The Morgan fingerprint density at radius 2 is 2.04 bits per heavy atom. The van der Waals surface area contributed by atoms with Crippen LogP contribution in [0.2, 0.25) is 0 Å². The number of carboxylic acid groups (broad SMARTS) is 1. The van der Waals surface area contributed by atoms with Gasteiger partial charge in [-0.15, -0.1) is 0 Å². The number of nitrogens with one attached hydrogen (secondary N) is 2. The van der Waals surface area contributed by atoms with Gasteiger partial charge in [-0.25, -0.2) is 14.3 Å². The number of hydrogen-bond acceptors (Lipinski definition) is 6. The number of aromatic nitrogens is 3. The Morgan fingerprint density at radius 1 is 1.31 bits per heavy atom. The third kappa shape index (κ3) is 3.75. The Hall–Kier alpha value is -3.95. The lowest BCUT2D eigenvalue weighted by Gasteiger charge is -2.08. The number of carbonyl (C=O) groups is 2. The van der Waals surface area contributed by atoms with E-state index in [0.29, 0.717) is 16.9 Å². The minimum absolute atomic E-state index is 0.109. The molecule has 0 atom stereocenters. The van der Waals surface area contributed by atoms with Gasteiger partial charge in [0.05, 0.1) is 12.0 Å². The summed E-state index contributed by atoms with van der Waals surface area (Å²) in [7, 11) is 0. The number of carboxylic acids is 1. The number of rotatable bonds is 5. The van der Waals surface area contributed by atoms with Gasteiger partial charge in [0.15, 0.2) is 17.4 Å². The van der Waals surface area contributed by atoms with E-state index in [-0.39, 0.29) is 23.7 Å². The summed E-state index contributed by atoms with van der Waals surface area (Å²) in [6, 6.07) is 7.62. The van der Waals surface area contributed by atoms with E-state index in [0.717, 1.165) is 0 Å². The molecule has 10 heteroatoms. The van der Waals surface area contributed by atoms with Crippen molar-refractivity contribution in [2.45, 2.75) is 6.42 Å². The third-order valence-corrected chi connectivity index (χ3v) is 3.36. The van der Waals surface area contributed by atoms with Crippen LogP contribution in [0.15, 0.2) is 42.9 Å². The second kappa shape index (κ2) is 6.89. The molecule has 0 saturated carbocycles. The van der Waals surface area contributed by atoms with Crippen molar-refractivity contribution in [1.29, 1.82) is 5.41 Å². The molecule has 132 valence electrons. The number of hydrogen-bond donors (Lipinski definition) is 4. The molecule has 0 unspecified atom stereocenters. The zero-order valence-electron chi connectivity index (χ0n) is 13.3. The molecule has 0 aliphatic rings. The fraction of sp³-hybridized carbons (Fsp3) is 0.0625. The van der Waals surface area contributed by atoms with Gasteiger partial charge >= 0.3 is 11.9 Å². The predicted molar refractivity (Wildman–Crippen MR) is 91.3 cm³/mol. The molecular weight excluding hydrogens is 340 g/mol. The molecule has 0 aliphatic heterocycles. The monoisotopic (exact) mass is 354 g/mol. The lowest BCUT2D eigenvalue weighted by molar-refractivity contribution is -0.136. The zero-order chi connectivity index (χ0) is 18.7. The van der Waals surface area contributed by atoms with E-state index in [1.165, 1.54) is 35.2 Å². The first-order valence-electron chi connectivity index (χ1n) is 7.40. The Morgan fingerprint density at radius 3 is 2.69 bits per heavy atom. The summed E-state index contributed by atoms with van der Waals surface area (Å²) in [6.07, 6.45) is 2.54. The second-order valence-corrected chi connectivity index (χ2v) is 5.32. The molecule has 5 N–H and O–H groups in total. The van der Waals surface area contributed by atoms with Gasteiger partial charge in [0.2, 0.25) is 0 Å². The van der Waals surface area contributed by atoms with E-state index < -0.39 is 11.9 Å². The quantitative estimate of drug-likeness (QED) is 0.299. The van der Waals surface area contributed by atoms with E-state index >= 15 is 0 Å². The van der Waals surface area contributed by atoms with Crippen LogP contribution >= 0.6 is 0 Å². The number of carbonyl (C=O) groups excluding carboxylic acids is 1. The summed E-state index contributed by atoms with van der Waals surface area (Å²) >= 11 is 0. The molecular formula is C16H14N6O4. The van der Waals surface area contributed by atoms with Crippen LogP contribution in [0.25, 0.3) is 5.65 Å². The molecule has 0 saturated heterocycles.